The zero-order valence-electron chi connectivity index (χ0n) is 24.2. The molecule has 6 fully saturated rings. The lowest BCUT2D eigenvalue weighted by molar-refractivity contribution is -0.174. The molecule has 0 amide bonds. The Labute approximate surface area is 247 Å². The van der Waals surface area contributed by atoms with E-state index in [2.05, 4.69) is 0 Å². The highest BCUT2D eigenvalue weighted by Gasteiger charge is 3.10. The summed E-state index contributed by atoms with van der Waals surface area (Å²) in [6, 6.07) is 19.2. The first kappa shape index (κ1) is 26.8. The summed E-state index contributed by atoms with van der Waals surface area (Å²) in [5.41, 5.74) is -3.43. The summed E-state index contributed by atoms with van der Waals surface area (Å²) in [6.07, 6.45) is -1.20. The molecule has 4 heterocycles. The number of hydrogen-bond acceptors (Lipinski definition) is 11. The minimum atomic E-state index is -1.32. The lowest BCUT2D eigenvalue weighted by Crippen LogP contribution is -2.76. The summed E-state index contributed by atoms with van der Waals surface area (Å²) in [7, 11) is 5.25. The highest BCUT2D eigenvalue weighted by molar-refractivity contribution is 6.08. The second-order valence-electron chi connectivity index (χ2n) is 12.3. The van der Waals surface area contributed by atoms with E-state index in [9.17, 15) is 19.2 Å². The Hall–Kier alpha value is -3.80. The molecule has 11 heteroatoms. The number of carbonyl (C=O) groups is 4. The second kappa shape index (κ2) is 8.43. The predicted molar refractivity (Wildman–Crippen MR) is 146 cm³/mol. The second-order valence-corrected chi connectivity index (χ2v) is 12.3. The number of esters is 4. The molecule has 0 aromatic heterocycles. The van der Waals surface area contributed by atoms with Gasteiger partial charge < -0.3 is 23.7 Å². The SMILES string of the molecule is COC(=O)[C@@]12[C@H]3C4OC([C@H]3[C@]1(C(=O)OC)N2Cc1ccccc1)[C@H]1[C@@H]4[C@]2(C(=O)OC)N(Cc3ccccc3)[C@]12C(=O)OC. The highest BCUT2D eigenvalue weighted by atomic mass is 16.6. The Balaban J connectivity index is 1.25. The van der Waals surface area contributed by atoms with Crippen LogP contribution >= 0.6 is 0 Å². The van der Waals surface area contributed by atoms with E-state index in [4.69, 9.17) is 23.7 Å². The molecule has 43 heavy (non-hydrogen) atoms. The van der Waals surface area contributed by atoms with Crippen LogP contribution in [0.5, 0.6) is 0 Å². The smallest absolute Gasteiger partial charge is 0.329 e. The quantitative estimate of drug-likeness (QED) is 0.190. The molecule has 0 spiro atoms. The van der Waals surface area contributed by atoms with Crippen molar-refractivity contribution in [2.75, 3.05) is 28.4 Å². The number of fused-ring (bicyclic) bond motifs is 14. The van der Waals surface area contributed by atoms with Crippen molar-refractivity contribution < 1.29 is 42.9 Å². The monoisotopic (exact) mass is 588 g/mol. The normalized spacial score (nSPS) is 44.7. The molecule has 4 aliphatic heterocycles. The minimum absolute atomic E-state index is 0.317. The fourth-order valence-electron chi connectivity index (χ4n) is 10.5. The van der Waals surface area contributed by atoms with Gasteiger partial charge in [-0.25, -0.2) is 19.2 Å². The van der Waals surface area contributed by atoms with Gasteiger partial charge in [-0.15, -0.1) is 0 Å². The average Bonchev–Trinajstić information content (AvgIpc) is 3.51. The van der Waals surface area contributed by atoms with Gasteiger partial charge in [-0.2, -0.15) is 0 Å². The van der Waals surface area contributed by atoms with Crippen molar-refractivity contribution in [3.8, 4) is 0 Å². The Kier molecular flexibility index (Phi) is 5.25. The third-order valence-electron chi connectivity index (χ3n) is 11.6. The first-order valence-corrected chi connectivity index (χ1v) is 14.4. The van der Waals surface area contributed by atoms with Crippen molar-refractivity contribution in [1.82, 2.24) is 9.80 Å². The fourth-order valence-corrected chi connectivity index (χ4v) is 10.5. The van der Waals surface area contributed by atoms with Gasteiger partial charge in [-0.3, -0.25) is 9.80 Å². The lowest BCUT2D eigenvalue weighted by Gasteiger charge is -2.55. The van der Waals surface area contributed by atoms with Gasteiger partial charge >= 0.3 is 23.9 Å². The van der Waals surface area contributed by atoms with Gasteiger partial charge in [0, 0.05) is 36.8 Å². The molecular weight excluding hydrogens is 556 g/mol. The van der Waals surface area contributed by atoms with Crippen LogP contribution in [0.4, 0.5) is 0 Å². The minimum Gasteiger partial charge on any atom is -0.468 e. The Morgan fingerprint density at radius 2 is 0.837 bits per heavy atom. The van der Waals surface area contributed by atoms with E-state index in [1.165, 1.54) is 28.4 Å². The topological polar surface area (TPSA) is 120 Å². The third-order valence-corrected chi connectivity index (χ3v) is 11.6. The molecule has 11 nitrogen and oxygen atoms in total. The Morgan fingerprint density at radius 3 is 1.09 bits per heavy atom. The molecule has 8 rings (SSSR count). The average molecular weight is 589 g/mol. The molecule has 224 valence electrons. The van der Waals surface area contributed by atoms with Gasteiger partial charge in [0.25, 0.3) is 0 Å². The standard InChI is InChI=1S/C32H32N2O9/c1-39-25(35)29-19-20(30(29,26(36)40-2)33(29)15-17-11-7-5-8-12-17)24-22-21(23(19)43-24)31(27(37)41-3)32(22,28(38)42-4)34(31)16-18-13-9-6-10-14-18/h5-14,19-24H,15-16H2,1-4H3/t19-,20+,21+,22-,23?,24?,29+,30-,31-,32+,33?,34?. The van der Waals surface area contributed by atoms with E-state index >= 15 is 0 Å². The number of carbonyl (C=O) groups excluding carboxylic acids is 4. The van der Waals surface area contributed by atoms with E-state index in [0.29, 0.717) is 13.1 Å². The molecule has 4 saturated heterocycles. The summed E-state index contributed by atoms with van der Waals surface area (Å²) in [6.45, 7) is 0.633. The van der Waals surface area contributed by atoms with E-state index in [1.807, 2.05) is 70.5 Å². The summed E-state index contributed by atoms with van der Waals surface area (Å²) in [5.74, 6) is -3.96. The number of nitrogens with zero attached hydrogens (tertiary/aromatic N) is 2. The van der Waals surface area contributed by atoms with Gasteiger partial charge in [0.1, 0.15) is 0 Å². The summed E-state index contributed by atoms with van der Waals surface area (Å²) >= 11 is 0. The molecular formula is C32H32N2O9. The number of methoxy groups -OCH3 is 4. The maximum atomic E-state index is 13.8. The van der Waals surface area contributed by atoms with Gasteiger partial charge in [-0.1, -0.05) is 60.7 Å². The van der Waals surface area contributed by atoms with Crippen LogP contribution in [-0.4, -0.2) is 96.5 Å². The molecule has 4 unspecified atom stereocenters. The first-order chi connectivity index (χ1) is 20.8. The van der Waals surface area contributed by atoms with Gasteiger partial charge in [-0.05, 0) is 11.1 Å². The van der Waals surface area contributed by atoms with Crippen LogP contribution in [0.3, 0.4) is 0 Å². The number of ether oxygens (including phenoxy) is 5. The molecule has 0 N–H and O–H groups in total. The summed E-state index contributed by atoms with van der Waals surface area (Å²) in [5, 5.41) is 0. The number of rotatable bonds is 8. The van der Waals surface area contributed by atoms with Crippen molar-refractivity contribution in [2.45, 2.75) is 47.5 Å². The molecule has 2 bridgehead atoms. The van der Waals surface area contributed by atoms with Crippen molar-refractivity contribution in [2.24, 2.45) is 23.7 Å². The molecule has 12 atom stereocenters. The maximum absolute atomic E-state index is 13.8. The van der Waals surface area contributed by atoms with E-state index < -0.39 is 81.9 Å². The van der Waals surface area contributed by atoms with Crippen LogP contribution in [0.1, 0.15) is 11.1 Å². The van der Waals surface area contributed by atoms with Gasteiger partial charge in [0.2, 0.25) is 0 Å². The van der Waals surface area contributed by atoms with E-state index in [1.54, 1.807) is 0 Å². The zero-order chi connectivity index (χ0) is 30.1. The summed E-state index contributed by atoms with van der Waals surface area (Å²) in [4.78, 5) is 58.9. The van der Waals surface area contributed by atoms with Crippen molar-refractivity contribution in [3.05, 3.63) is 71.8 Å². The molecule has 2 saturated carbocycles. The van der Waals surface area contributed by atoms with Crippen LogP contribution in [0.2, 0.25) is 0 Å². The van der Waals surface area contributed by atoms with Crippen LogP contribution in [0, 0.1) is 23.7 Å². The lowest BCUT2D eigenvalue weighted by atomic mass is 9.40. The maximum Gasteiger partial charge on any atom is 0.329 e. The van der Waals surface area contributed by atoms with Crippen molar-refractivity contribution in [1.29, 1.82) is 0 Å². The Bertz CT molecular complexity index is 1380. The molecule has 2 aromatic carbocycles. The van der Waals surface area contributed by atoms with Crippen molar-refractivity contribution >= 4 is 23.9 Å². The fraction of sp³-hybridized carbons (Fsp3) is 0.500. The van der Waals surface area contributed by atoms with Crippen LogP contribution in [0.15, 0.2) is 60.7 Å². The highest BCUT2D eigenvalue weighted by Crippen LogP contribution is 2.89. The van der Waals surface area contributed by atoms with Gasteiger partial charge in [0.15, 0.2) is 22.2 Å². The number of hydrogen-bond donors (Lipinski definition) is 0. The summed E-state index contributed by atoms with van der Waals surface area (Å²) < 4.78 is 28.1. The first-order valence-electron chi connectivity index (χ1n) is 14.4. The largest absolute Gasteiger partial charge is 0.468 e. The molecule has 0 radical (unpaired) electrons. The van der Waals surface area contributed by atoms with E-state index in [0.717, 1.165) is 11.1 Å². The van der Waals surface area contributed by atoms with E-state index in [-0.39, 0.29) is 0 Å². The predicted octanol–water partition coefficient (Wildman–Crippen LogP) is 0.938. The van der Waals surface area contributed by atoms with Crippen LogP contribution < -0.4 is 0 Å². The number of likely N-dealkylation sites (tertiary alicyclic amines) is 2. The zero-order valence-corrected chi connectivity index (χ0v) is 24.2. The van der Waals surface area contributed by atoms with Gasteiger partial charge in [0.05, 0.1) is 40.6 Å². The number of benzene rings is 2. The van der Waals surface area contributed by atoms with Crippen molar-refractivity contribution in [3.63, 3.8) is 0 Å². The molecule has 2 aromatic rings. The third kappa shape index (κ3) is 2.48. The molecule has 6 aliphatic rings. The Morgan fingerprint density at radius 1 is 0.558 bits per heavy atom. The van der Waals surface area contributed by atoms with Crippen LogP contribution in [-0.2, 0) is 56.0 Å². The van der Waals surface area contributed by atoms with Crippen LogP contribution in [0.25, 0.3) is 0 Å². The molecule has 2 aliphatic carbocycles.